The normalized spacial score (nSPS) is 19.3. The Balaban J connectivity index is 1.44. The first-order chi connectivity index (χ1) is 14.4. The lowest BCUT2D eigenvalue weighted by atomic mass is 10.2. The molecule has 1 fully saturated rings. The molecule has 1 amide bonds. The second kappa shape index (κ2) is 8.83. The van der Waals surface area contributed by atoms with Gasteiger partial charge in [-0.05, 0) is 43.2 Å². The number of fused-ring (bicyclic) bond motifs is 1. The average molecular weight is 451 g/mol. The van der Waals surface area contributed by atoms with E-state index in [2.05, 4.69) is 5.32 Å². The Labute approximate surface area is 181 Å². The summed E-state index contributed by atoms with van der Waals surface area (Å²) in [5.41, 5.74) is 0.229. The highest BCUT2D eigenvalue weighted by Crippen LogP contribution is 2.31. The topological polar surface area (TPSA) is 84.9 Å². The molecule has 0 unspecified atom stereocenters. The summed E-state index contributed by atoms with van der Waals surface area (Å²) in [5, 5.41) is 2.89. The van der Waals surface area contributed by atoms with Gasteiger partial charge in [-0.2, -0.15) is 4.31 Å². The standard InChI is InChI=1S/C21H23ClN2O5S/c22-17-9-8-15(12-20(17)30(26,27)24-10-4-1-5-11-24)21(25)23-13-16-14-28-18-6-2-3-7-19(18)29-16/h2-3,6-9,12,16H,1,4-5,10-11,13-14H2,(H,23,25)/t16-/m1/s1. The molecule has 4 rings (SSSR count). The highest BCUT2D eigenvalue weighted by Gasteiger charge is 2.29. The van der Waals surface area contributed by atoms with E-state index < -0.39 is 15.9 Å². The molecule has 0 bridgehead atoms. The first-order valence-electron chi connectivity index (χ1n) is 9.91. The first kappa shape index (κ1) is 21.0. The molecule has 2 aromatic rings. The fraction of sp³-hybridized carbons (Fsp3) is 0.381. The maximum Gasteiger partial charge on any atom is 0.251 e. The van der Waals surface area contributed by atoms with Crippen molar-refractivity contribution in [3.8, 4) is 11.5 Å². The molecule has 160 valence electrons. The van der Waals surface area contributed by atoms with Crippen LogP contribution in [0.25, 0.3) is 0 Å². The van der Waals surface area contributed by atoms with Crippen molar-refractivity contribution in [3.05, 3.63) is 53.1 Å². The van der Waals surface area contributed by atoms with Gasteiger partial charge in [0.05, 0.1) is 11.6 Å². The Morgan fingerprint density at radius 1 is 1.10 bits per heavy atom. The summed E-state index contributed by atoms with van der Waals surface area (Å²) in [6.45, 7) is 1.47. The van der Waals surface area contributed by atoms with E-state index in [0.29, 0.717) is 31.2 Å². The predicted molar refractivity (Wildman–Crippen MR) is 113 cm³/mol. The van der Waals surface area contributed by atoms with Gasteiger partial charge in [-0.1, -0.05) is 30.2 Å². The van der Waals surface area contributed by atoms with Crippen LogP contribution in [0.4, 0.5) is 0 Å². The van der Waals surface area contributed by atoms with Crippen molar-refractivity contribution in [1.29, 1.82) is 0 Å². The Morgan fingerprint density at radius 3 is 2.60 bits per heavy atom. The third-order valence-electron chi connectivity index (χ3n) is 5.18. The first-order valence-corrected chi connectivity index (χ1v) is 11.7. The van der Waals surface area contributed by atoms with Crippen molar-refractivity contribution in [2.45, 2.75) is 30.3 Å². The van der Waals surface area contributed by atoms with Crippen molar-refractivity contribution in [3.63, 3.8) is 0 Å². The van der Waals surface area contributed by atoms with Crippen LogP contribution in [-0.2, 0) is 10.0 Å². The molecule has 0 aromatic heterocycles. The number of nitrogens with zero attached hydrogens (tertiary/aromatic N) is 1. The summed E-state index contributed by atoms with van der Waals surface area (Å²) in [5.74, 6) is 0.902. The molecular formula is C21H23ClN2O5S. The smallest absolute Gasteiger partial charge is 0.251 e. The molecule has 0 spiro atoms. The second-order valence-corrected chi connectivity index (χ2v) is 9.63. The Morgan fingerprint density at radius 2 is 1.83 bits per heavy atom. The zero-order valence-electron chi connectivity index (χ0n) is 16.3. The Kier molecular flexibility index (Phi) is 6.17. The van der Waals surface area contributed by atoms with Crippen molar-refractivity contribution in [2.24, 2.45) is 0 Å². The molecule has 1 saturated heterocycles. The molecule has 9 heteroatoms. The molecular weight excluding hydrogens is 428 g/mol. The number of hydrogen-bond donors (Lipinski definition) is 1. The zero-order valence-corrected chi connectivity index (χ0v) is 17.9. The van der Waals surface area contributed by atoms with Gasteiger partial charge in [0.1, 0.15) is 17.6 Å². The minimum absolute atomic E-state index is 0.0371. The number of benzene rings is 2. The van der Waals surface area contributed by atoms with Gasteiger partial charge in [0.2, 0.25) is 10.0 Å². The van der Waals surface area contributed by atoms with Crippen molar-refractivity contribution in [2.75, 3.05) is 26.2 Å². The summed E-state index contributed by atoms with van der Waals surface area (Å²) in [6, 6.07) is 11.6. The summed E-state index contributed by atoms with van der Waals surface area (Å²) >= 11 is 6.18. The lowest BCUT2D eigenvalue weighted by Gasteiger charge is -2.27. The number of rotatable bonds is 5. The maximum absolute atomic E-state index is 13.0. The summed E-state index contributed by atoms with van der Waals surface area (Å²) < 4.78 is 38.9. The number of para-hydroxylation sites is 2. The summed E-state index contributed by atoms with van der Waals surface area (Å²) in [7, 11) is -3.74. The van der Waals surface area contributed by atoms with Crippen LogP contribution in [-0.4, -0.2) is 51.0 Å². The van der Waals surface area contributed by atoms with Crippen molar-refractivity contribution < 1.29 is 22.7 Å². The average Bonchev–Trinajstić information content (AvgIpc) is 2.78. The number of carbonyl (C=O) groups is 1. The van der Waals surface area contributed by atoms with E-state index in [9.17, 15) is 13.2 Å². The molecule has 0 saturated carbocycles. The van der Waals surface area contributed by atoms with Gasteiger partial charge in [0.15, 0.2) is 11.5 Å². The van der Waals surface area contributed by atoms with Crippen LogP contribution in [0, 0.1) is 0 Å². The highest BCUT2D eigenvalue weighted by molar-refractivity contribution is 7.89. The van der Waals surface area contributed by atoms with Gasteiger partial charge in [-0.15, -0.1) is 0 Å². The van der Waals surface area contributed by atoms with Crippen LogP contribution in [0.5, 0.6) is 11.5 Å². The van der Waals surface area contributed by atoms with E-state index in [1.54, 1.807) is 6.07 Å². The van der Waals surface area contributed by atoms with E-state index in [0.717, 1.165) is 19.3 Å². The van der Waals surface area contributed by atoms with Crippen LogP contribution in [0.2, 0.25) is 5.02 Å². The SMILES string of the molecule is O=C(NC[C@@H]1COc2ccccc2O1)c1ccc(Cl)c(S(=O)(=O)N2CCCCC2)c1. The summed E-state index contributed by atoms with van der Waals surface area (Å²) in [6.07, 6.45) is 2.32. The van der Waals surface area contributed by atoms with Gasteiger partial charge < -0.3 is 14.8 Å². The van der Waals surface area contributed by atoms with E-state index in [1.165, 1.54) is 22.5 Å². The highest BCUT2D eigenvalue weighted by atomic mass is 35.5. The minimum atomic E-state index is -3.74. The number of halogens is 1. The number of sulfonamides is 1. The van der Waals surface area contributed by atoms with E-state index >= 15 is 0 Å². The minimum Gasteiger partial charge on any atom is -0.486 e. The second-order valence-electron chi connectivity index (χ2n) is 7.32. The van der Waals surface area contributed by atoms with Crippen LogP contribution in [0.15, 0.2) is 47.4 Å². The van der Waals surface area contributed by atoms with Gasteiger partial charge in [0, 0.05) is 18.7 Å². The quantitative estimate of drug-likeness (QED) is 0.756. The monoisotopic (exact) mass is 450 g/mol. The molecule has 7 nitrogen and oxygen atoms in total. The van der Waals surface area contributed by atoms with Crippen molar-refractivity contribution >= 4 is 27.5 Å². The largest absolute Gasteiger partial charge is 0.486 e. The molecule has 30 heavy (non-hydrogen) atoms. The molecule has 0 aliphatic carbocycles. The molecule has 0 radical (unpaired) electrons. The van der Waals surface area contributed by atoms with Gasteiger partial charge in [-0.3, -0.25) is 4.79 Å². The summed E-state index contributed by atoms with van der Waals surface area (Å²) in [4.78, 5) is 12.6. The molecule has 2 aliphatic heterocycles. The number of carbonyl (C=O) groups excluding carboxylic acids is 1. The molecule has 1 atom stereocenters. The molecule has 1 N–H and O–H groups in total. The van der Waals surface area contributed by atoms with E-state index in [4.69, 9.17) is 21.1 Å². The lowest BCUT2D eigenvalue weighted by Crippen LogP contribution is -2.40. The van der Waals surface area contributed by atoms with Crippen LogP contribution in [0.1, 0.15) is 29.6 Å². The van der Waals surface area contributed by atoms with Crippen molar-refractivity contribution in [1.82, 2.24) is 9.62 Å². The number of piperidine rings is 1. The van der Waals surface area contributed by atoms with Crippen LogP contribution in [0.3, 0.4) is 0 Å². The third kappa shape index (κ3) is 4.40. The Hall–Kier alpha value is -2.29. The van der Waals surface area contributed by atoms with E-state index in [-0.39, 0.29) is 28.1 Å². The van der Waals surface area contributed by atoms with Gasteiger partial charge in [0.25, 0.3) is 5.91 Å². The van der Waals surface area contributed by atoms with E-state index in [1.807, 2.05) is 18.2 Å². The number of ether oxygens (including phenoxy) is 2. The van der Waals surface area contributed by atoms with Gasteiger partial charge in [-0.25, -0.2) is 8.42 Å². The number of nitrogens with one attached hydrogen (secondary N) is 1. The molecule has 2 aromatic carbocycles. The van der Waals surface area contributed by atoms with Crippen LogP contribution >= 0.6 is 11.6 Å². The number of amides is 1. The molecule has 2 heterocycles. The van der Waals surface area contributed by atoms with Gasteiger partial charge >= 0.3 is 0 Å². The number of hydrogen-bond acceptors (Lipinski definition) is 5. The molecule has 2 aliphatic rings. The fourth-order valence-electron chi connectivity index (χ4n) is 3.56. The maximum atomic E-state index is 13.0. The zero-order chi connectivity index (χ0) is 21.1. The fourth-order valence-corrected chi connectivity index (χ4v) is 5.58. The third-order valence-corrected chi connectivity index (χ3v) is 7.56. The Bertz CT molecular complexity index is 1040. The van der Waals surface area contributed by atoms with Crippen LogP contribution < -0.4 is 14.8 Å². The lowest BCUT2D eigenvalue weighted by molar-refractivity contribution is 0.0789. The predicted octanol–water partition coefficient (Wildman–Crippen LogP) is 3.08.